The van der Waals surface area contributed by atoms with Crippen LogP contribution in [0, 0.1) is 6.07 Å². The van der Waals surface area contributed by atoms with Crippen molar-refractivity contribution in [2.45, 2.75) is 6.54 Å². The second kappa shape index (κ2) is 8.00. The van der Waals surface area contributed by atoms with Gasteiger partial charge in [0.05, 0.1) is 15.7 Å². The van der Waals surface area contributed by atoms with E-state index in [4.69, 9.17) is 23.2 Å². The SMILES string of the molecule is Clc1ccc(/C=C/c2cc[c]c(CNc3cccnc3)c2)cc1Cl. The number of hydrogen-bond donors (Lipinski definition) is 1. The summed E-state index contributed by atoms with van der Waals surface area (Å²) in [6, 6.07) is 18.7. The smallest absolute Gasteiger partial charge is 0.0598 e. The fourth-order valence-electron chi connectivity index (χ4n) is 2.21. The molecule has 0 saturated carbocycles. The van der Waals surface area contributed by atoms with E-state index >= 15 is 0 Å². The Morgan fingerprint density at radius 2 is 1.83 bits per heavy atom. The molecule has 24 heavy (non-hydrogen) atoms. The molecule has 1 radical (unpaired) electrons. The van der Waals surface area contributed by atoms with Crippen LogP contribution >= 0.6 is 23.2 Å². The molecule has 1 N–H and O–H groups in total. The van der Waals surface area contributed by atoms with Crippen molar-refractivity contribution < 1.29 is 0 Å². The molecule has 0 aliphatic carbocycles. The maximum absolute atomic E-state index is 6.04. The van der Waals surface area contributed by atoms with Crippen molar-refractivity contribution in [3.8, 4) is 0 Å². The van der Waals surface area contributed by atoms with Crippen molar-refractivity contribution >= 4 is 41.0 Å². The summed E-state index contributed by atoms with van der Waals surface area (Å²) in [7, 11) is 0. The molecule has 4 heteroatoms. The van der Waals surface area contributed by atoms with Crippen LogP contribution in [-0.4, -0.2) is 4.98 Å². The van der Waals surface area contributed by atoms with E-state index in [0.29, 0.717) is 16.6 Å². The average molecular weight is 354 g/mol. The highest BCUT2D eigenvalue weighted by molar-refractivity contribution is 6.42. The molecule has 3 aromatic rings. The summed E-state index contributed by atoms with van der Waals surface area (Å²) in [4.78, 5) is 4.09. The van der Waals surface area contributed by atoms with Crippen LogP contribution in [0.4, 0.5) is 5.69 Å². The largest absolute Gasteiger partial charge is 0.380 e. The number of rotatable bonds is 5. The number of nitrogens with one attached hydrogen (secondary N) is 1. The molecule has 2 nitrogen and oxygen atoms in total. The summed E-state index contributed by atoms with van der Waals surface area (Å²) in [5, 5.41) is 4.44. The summed E-state index contributed by atoms with van der Waals surface area (Å²) < 4.78 is 0. The van der Waals surface area contributed by atoms with Gasteiger partial charge in [0.1, 0.15) is 0 Å². The second-order valence-corrected chi connectivity index (χ2v) is 6.06. The summed E-state index contributed by atoms with van der Waals surface area (Å²) in [5.74, 6) is 0. The van der Waals surface area contributed by atoms with Crippen molar-refractivity contribution in [3.05, 3.63) is 93.7 Å². The van der Waals surface area contributed by atoms with Crippen LogP contribution in [0.15, 0.2) is 60.9 Å². The van der Waals surface area contributed by atoms with Crippen molar-refractivity contribution in [3.63, 3.8) is 0 Å². The van der Waals surface area contributed by atoms with Crippen molar-refractivity contribution in [2.24, 2.45) is 0 Å². The highest BCUT2D eigenvalue weighted by Gasteiger charge is 1.98. The van der Waals surface area contributed by atoms with Crippen molar-refractivity contribution in [1.29, 1.82) is 0 Å². The second-order valence-electron chi connectivity index (χ2n) is 5.25. The molecule has 0 aliphatic rings. The highest BCUT2D eigenvalue weighted by atomic mass is 35.5. The van der Waals surface area contributed by atoms with E-state index in [-0.39, 0.29) is 0 Å². The Balaban J connectivity index is 1.68. The maximum atomic E-state index is 6.04. The first-order chi connectivity index (χ1) is 11.7. The summed E-state index contributed by atoms with van der Waals surface area (Å²) in [6.45, 7) is 0.695. The van der Waals surface area contributed by atoms with Crippen molar-refractivity contribution in [2.75, 3.05) is 5.32 Å². The molecule has 0 amide bonds. The monoisotopic (exact) mass is 353 g/mol. The van der Waals surface area contributed by atoms with Crippen LogP contribution in [0.25, 0.3) is 12.2 Å². The molecule has 0 fully saturated rings. The van der Waals surface area contributed by atoms with Gasteiger partial charge in [-0.25, -0.2) is 0 Å². The summed E-state index contributed by atoms with van der Waals surface area (Å²) in [5.41, 5.74) is 4.17. The van der Waals surface area contributed by atoms with E-state index in [0.717, 1.165) is 22.4 Å². The van der Waals surface area contributed by atoms with Crippen LogP contribution in [0.2, 0.25) is 10.0 Å². The minimum absolute atomic E-state index is 0.557. The average Bonchev–Trinajstić information content (AvgIpc) is 2.62. The minimum atomic E-state index is 0.557. The molecule has 0 bridgehead atoms. The fraction of sp³-hybridized carbons (Fsp3) is 0.0500. The third-order valence-corrected chi connectivity index (χ3v) is 4.18. The van der Waals surface area contributed by atoms with Crippen LogP contribution in [0.3, 0.4) is 0 Å². The van der Waals surface area contributed by atoms with E-state index in [1.807, 2.05) is 48.6 Å². The predicted molar refractivity (Wildman–Crippen MR) is 102 cm³/mol. The normalized spacial score (nSPS) is 10.9. The number of hydrogen-bond acceptors (Lipinski definition) is 2. The predicted octanol–water partition coefficient (Wildman–Crippen LogP) is 5.97. The van der Waals surface area contributed by atoms with Gasteiger partial charge >= 0.3 is 0 Å². The highest BCUT2D eigenvalue weighted by Crippen LogP contribution is 2.23. The molecule has 1 heterocycles. The van der Waals surface area contributed by atoms with Gasteiger partial charge in [-0.2, -0.15) is 0 Å². The lowest BCUT2D eigenvalue weighted by Crippen LogP contribution is -1.99. The van der Waals surface area contributed by atoms with Gasteiger partial charge < -0.3 is 5.32 Å². The van der Waals surface area contributed by atoms with Crippen LogP contribution in [-0.2, 0) is 6.54 Å². The first-order valence-corrected chi connectivity index (χ1v) is 8.24. The Labute approximate surface area is 151 Å². The van der Waals surface area contributed by atoms with E-state index in [9.17, 15) is 0 Å². The van der Waals surface area contributed by atoms with Crippen LogP contribution in [0.1, 0.15) is 16.7 Å². The first-order valence-electron chi connectivity index (χ1n) is 7.48. The molecule has 1 aromatic heterocycles. The van der Waals surface area contributed by atoms with Gasteiger partial charge in [0, 0.05) is 18.9 Å². The number of anilines is 1. The lowest BCUT2D eigenvalue weighted by molar-refractivity contribution is 1.13. The number of aromatic nitrogens is 1. The quantitative estimate of drug-likeness (QED) is 0.571. The fourth-order valence-corrected chi connectivity index (χ4v) is 2.52. The first kappa shape index (κ1) is 16.6. The third-order valence-electron chi connectivity index (χ3n) is 3.44. The molecular weight excluding hydrogens is 339 g/mol. The minimum Gasteiger partial charge on any atom is -0.380 e. The van der Waals surface area contributed by atoms with E-state index in [1.54, 1.807) is 18.5 Å². The lowest BCUT2D eigenvalue weighted by atomic mass is 10.1. The van der Waals surface area contributed by atoms with Gasteiger partial charge in [-0.15, -0.1) is 0 Å². The molecule has 119 valence electrons. The van der Waals surface area contributed by atoms with Gasteiger partial charge in [0.25, 0.3) is 0 Å². The van der Waals surface area contributed by atoms with E-state index in [1.165, 1.54) is 0 Å². The Bertz CT molecular complexity index is 845. The third kappa shape index (κ3) is 4.60. The number of pyridine rings is 1. The van der Waals surface area contributed by atoms with Crippen LogP contribution < -0.4 is 5.32 Å². The molecular formula is C20H15Cl2N2. The Hall–Kier alpha value is -2.29. The zero-order chi connectivity index (χ0) is 16.8. The Morgan fingerprint density at radius 3 is 2.58 bits per heavy atom. The van der Waals surface area contributed by atoms with Gasteiger partial charge in [-0.1, -0.05) is 53.6 Å². The maximum Gasteiger partial charge on any atom is 0.0598 e. The Kier molecular flexibility index (Phi) is 5.52. The summed E-state index contributed by atoms with van der Waals surface area (Å²) >= 11 is 12.0. The van der Waals surface area contributed by atoms with E-state index < -0.39 is 0 Å². The van der Waals surface area contributed by atoms with Gasteiger partial charge in [0.15, 0.2) is 0 Å². The summed E-state index contributed by atoms with van der Waals surface area (Å²) in [6.07, 6.45) is 7.61. The number of nitrogens with zero attached hydrogens (tertiary/aromatic N) is 1. The van der Waals surface area contributed by atoms with E-state index in [2.05, 4.69) is 22.4 Å². The van der Waals surface area contributed by atoms with Crippen LogP contribution in [0.5, 0.6) is 0 Å². The number of halogens is 2. The van der Waals surface area contributed by atoms with Gasteiger partial charge in [0.2, 0.25) is 0 Å². The molecule has 0 aliphatic heterocycles. The van der Waals surface area contributed by atoms with Gasteiger partial charge in [-0.05, 0) is 53.1 Å². The molecule has 0 spiro atoms. The molecule has 0 unspecified atom stereocenters. The topological polar surface area (TPSA) is 24.9 Å². The zero-order valence-corrected chi connectivity index (χ0v) is 14.4. The lowest BCUT2D eigenvalue weighted by Gasteiger charge is -2.06. The standard InChI is InChI=1S/C20H15Cl2N2/c21-19-9-8-16(12-20(19)22)7-6-15-3-1-4-17(11-15)13-24-18-5-2-10-23-14-18/h1-3,5-12,14,24H,13H2/b7-6+. The molecule has 3 rings (SSSR count). The Morgan fingerprint density at radius 1 is 1.00 bits per heavy atom. The zero-order valence-electron chi connectivity index (χ0n) is 12.8. The molecule has 0 saturated heterocycles. The van der Waals surface area contributed by atoms with Gasteiger partial charge in [-0.3, -0.25) is 4.98 Å². The molecule has 2 aromatic carbocycles. The molecule has 0 atom stereocenters. The number of benzene rings is 2. The van der Waals surface area contributed by atoms with Crippen molar-refractivity contribution in [1.82, 2.24) is 4.98 Å².